The van der Waals surface area contributed by atoms with E-state index in [0.29, 0.717) is 0 Å². The van der Waals surface area contributed by atoms with Crippen LogP contribution in [-0.4, -0.2) is 29.0 Å². The molecule has 0 N–H and O–H groups in total. The summed E-state index contributed by atoms with van der Waals surface area (Å²) in [6, 6.07) is 0. The number of hydrogen-bond donors (Lipinski definition) is 0. The Labute approximate surface area is 69.1 Å². The molecule has 5 heteroatoms. The van der Waals surface area contributed by atoms with Gasteiger partial charge in [-0.15, -0.1) is 0 Å². The Morgan fingerprint density at radius 2 is 1.36 bits per heavy atom. The summed E-state index contributed by atoms with van der Waals surface area (Å²) >= 11 is -0.611. The Bertz CT molecular complexity index is 118. The lowest BCUT2D eigenvalue weighted by Gasteiger charge is -1.87. The van der Waals surface area contributed by atoms with Gasteiger partial charge in [0, 0.05) is 13.8 Å². The lowest BCUT2D eigenvalue weighted by atomic mass is 10.7. The highest BCUT2D eigenvalue weighted by molar-refractivity contribution is 7.89. The van der Waals surface area contributed by atoms with Crippen LogP contribution in [-0.2, 0) is 25.5 Å². The number of esters is 2. The van der Waals surface area contributed by atoms with Crippen molar-refractivity contribution in [3.8, 4) is 0 Å². The van der Waals surface area contributed by atoms with Crippen LogP contribution in [0.1, 0.15) is 13.8 Å². The normalized spacial score (nSPS) is 8.18. The Balaban J connectivity index is 0. The molecule has 0 rings (SSSR count). The number of carbonyl (C=O) groups excluding carboxylic acids is 2. The standard InChI is InChI=1S/C4H6O3.C2H6OS/c1-3(5)7-4(2)6;1-4(2)3/h1-2H3;1-2H3. The van der Waals surface area contributed by atoms with Crippen LogP contribution in [0.25, 0.3) is 0 Å². The maximum absolute atomic E-state index is 9.81. The molecule has 0 unspecified atom stereocenters. The van der Waals surface area contributed by atoms with Crippen molar-refractivity contribution in [3.63, 3.8) is 0 Å². The summed E-state index contributed by atoms with van der Waals surface area (Å²) in [7, 11) is 0. The number of ether oxygens (including phenoxy) is 1. The predicted octanol–water partition coefficient (Wildman–Crippen LogP) is 0.0907. The van der Waals surface area contributed by atoms with Gasteiger partial charge in [-0.3, -0.25) is 9.59 Å². The minimum atomic E-state index is -0.611. The molecule has 0 aromatic rings. The quantitative estimate of drug-likeness (QED) is 0.301. The van der Waals surface area contributed by atoms with Gasteiger partial charge < -0.3 is 9.29 Å². The molecule has 4 nitrogen and oxygen atoms in total. The van der Waals surface area contributed by atoms with Crippen LogP contribution in [0.15, 0.2) is 0 Å². The molecule has 0 aliphatic carbocycles. The van der Waals surface area contributed by atoms with Gasteiger partial charge in [-0.05, 0) is 0 Å². The summed E-state index contributed by atoms with van der Waals surface area (Å²) in [4.78, 5) is 19.6. The molecule has 0 amide bonds. The number of rotatable bonds is 0. The molecule has 0 fully saturated rings. The van der Waals surface area contributed by atoms with E-state index >= 15 is 0 Å². The summed E-state index contributed by atoms with van der Waals surface area (Å²) in [5.41, 5.74) is 0. The van der Waals surface area contributed by atoms with Gasteiger partial charge in [-0.1, -0.05) is 11.2 Å². The van der Waals surface area contributed by atoms with E-state index in [1.165, 1.54) is 13.8 Å². The van der Waals surface area contributed by atoms with Crippen molar-refractivity contribution >= 4 is 23.1 Å². The summed E-state index contributed by atoms with van der Waals surface area (Å²) in [5, 5.41) is 0. The second kappa shape index (κ2) is 7.56. The molecule has 0 spiro atoms. The molecule has 0 aromatic carbocycles. The molecule has 66 valence electrons. The highest BCUT2D eigenvalue weighted by atomic mass is 32.2. The zero-order chi connectivity index (χ0) is 9.44. The van der Waals surface area contributed by atoms with Crippen LogP contribution in [0, 0.1) is 0 Å². The average Bonchev–Trinajstić information content (AvgIpc) is 1.56. The van der Waals surface area contributed by atoms with Crippen molar-refractivity contribution in [3.05, 3.63) is 0 Å². The molecular weight excluding hydrogens is 168 g/mol. The van der Waals surface area contributed by atoms with E-state index in [4.69, 9.17) is 0 Å². The van der Waals surface area contributed by atoms with Crippen LogP contribution >= 0.6 is 0 Å². The summed E-state index contributed by atoms with van der Waals surface area (Å²) in [5.74, 6) is -1.12. The lowest BCUT2D eigenvalue weighted by Crippen LogP contribution is -2.03. The van der Waals surface area contributed by atoms with E-state index < -0.39 is 23.1 Å². The first-order valence-electron chi connectivity index (χ1n) is 2.80. The van der Waals surface area contributed by atoms with E-state index in [1.54, 1.807) is 12.5 Å². The van der Waals surface area contributed by atoms with Crippen LogP contribution in [0.5, 0.6) is 0 Å². The number of carbonyl (C=O) groups is 2. The zero-order valence-corrected chi connectivity index (χ0v) is 7.86. The van der Waals surface area contributed by atoms with Gasteiger partial charge in [0.1, 0.15) is 0 Å². The molecule has 0 aliphatic rings. The van der Waals surface area contributed by atoms with Crippen LogP contribution in [0.2, 0.25) is 0 Å². The summed E-state index contributed by atoms with van der Waals surface area (Å²) in [6.45, 7) is 2.36. The fraction of sp³-hybridized carbons (Fsp3) is 0.667. The molecule has 0 saturated heterocycles. The van der Waals surface area contributed by atoms with Gasteiger partial charge in [0.05, 0.1) is 12.5 Å². The van der Waals surface area contributed by atoms with Crippen molar-refractivity contribution in [1.82, 2.24) is 0 Å². The minimum Gasteiger partial charge on any atom is -0.617 e. The topological polar surface area (TPSA) is 66.4 Å². The SMILES string of the molecule is CC(=O)OC(C)=O.C[S+](C)[O-]. The fourth-order valence-corrected chi connectivity index (χ4v) is 0.202. The first kappa shape index (κ1) is 13.1. The van der Waals surface area contributed by atoms with Crippen LogP contribution in [0.4, 0.5) is 0 Å². The molecule has 0 radical (unpaired) electrons. The highest BCUT2D eigenvalue weighted by Gasteiger charge is 1.93. The third kappa shape index (κ3) is 44.1. The van der Waals surface area contributed by atoms with Crippen LogP contribution < -0.4 is 0 Å². The van der Waals surface area contributed by atoms with Gasteiger partial charge in [0.25, 0.3) is 0 Å². The van der Waals surface area contributed by atoms with E-state index in [2.05, 4.69) is 4.74 Å². The molecule has 11 heavy (non-hydrogen) atoms. The Morgan fingerprint density at radius 1 is 1.18 bits per heavy atom. The minimum absolute atomic E-state index is 0.562. The molecule has 0 heterocycles. The Hall–Kier alpha value is -0.550. The first-order chi connectivity index (χ1) is 4.86. The van der Waals surface area contributed by atoms with Crippen molar-refractivity contribution in [2.24, 2.45) is 0 Å². The third-order valence-electron chi connectivity index (χ3n) is 0.287. The zero-order valence-electron chi connectivity index (χ0n) is 7.04. The Morgan fingerprint density at radius 3 is 1.36 bits per heavy atom. The van der Waals surface area contributed by atoms with Crippen molar-refractivity contribution in [1.29, 1.82) is 0 Å². The van der Waals surface area contributed by atoms with E-state index in [1.807, 2.05) is 0 Å². The molecule has 0 bridgehead atoms. The summed E-state index contributed by atoms with van der Waals surface area (Å²) < 4.78 is 13.5. The largest absolute Gasteiger partial charge is 0.617 e. The molecule has 0 aromatic heterocycles. The van der Waals surface area contributed by atoms with Gasteiger partial charge in [-0.25, -0.2) is 0 Å². The van der Waals surface area contributed by atoms with E-state index in [-0.39, 0.29) is 0 Å². The van der Waals surface area contributed by atoms with Crippen LogP contribution in [0.3, 0.4) is 0 Å². The van der Waals surface area contributed by atoms with Crippen molar-refractivity contribution < 1.29 is 18.9 Å². The average molecular weight is 180 g/mol. The molecule has 0 atom stereocenters. The van der Waals surface area contributed by atoms with E-state index in [0.717, 1.165) is 0 Å². The van der Waals surface area contributed by atoms with Gasteiger partial charge in [0.2, 0.25) is 0 Å². The second-order valence-corrected chi connectivity index (χ2v) is 3.31. The monoisotopic (exact) mass is 180 g/mol. The van der Waals surface area contributed by atoms with Gasteiger partial charge in [-0.2, -0.15) is 0 Å². The third-order valence-corrected chi connectivity index (χ3v) is 0.287. The van der Waals surface area contributed by atoms with Gasteiger partial charge >= 0.3 is 11.9 Å². The predicted molar refractivity (Wildman–Crippen MR) is 42.4 cm³/mol. The van der Waals surface area contributed by atoms with Crippen molar-refractivity contribution in [2.75, 3.05) is 12.5 Å². The van der Waals surface area contributed by atoms with Gasteiger partial charge in [0.15, 0.2) is 0 Å². The molecule has 0 aliphatic heterocycles. The summed E-state index contributed by atoms with van der Waals surface area (Å²) in [6.07, 6.45) is 3.28. The Kier molecular flexibility index (Phi) is 8.98. The van der Waals surface area contributed by atoms with E-state index in [9.17, 15) is 14.1 Å². The first-order valence-corrected chi connectivity index (χ1v) is 4.77. The maximum Gasteiger partial charge on any atom is 0.310 e. The molecule has 0 saturated carbocycles. The highest BCUT2D eigenvalue weighted by Crippen LogP contribution is 1.73. The lowest BCUT2D eigenvalue weighted by molar-refractivity contribution is -0.156. The number of hydrogen-bond acceptors (Lipinski definition) is 4. The maximum atomic E-state index is 9.81. The molecular formula is C6H12O4S. The second-order valence-electron chi connectivity index (χ2n) is 1.83. The smallest absolute Gasteiger partial charge is 0.310 e. The van der Waals surface area contributed by atoms with Crippen molar-refractivity contribution in [2.45, 2.75) is 13.8 Å². The fourth-order valence-electron chi connectivity index (χ4n) is 0.202.